The van der Waals surface area contributed by atoms with E-state index in [-0.39, 0.29) is 28.9 Å². The van der Waals surface area contributed by atoms with Gasteiger partial charge >= 0.3 is 0 Å². The van der Waals surface area contributed by atoms with Crippen molar-refractivity contribution in [2.24, 2.45) is 11.8 Å². The van der Waals surface area contributed by atoms with Crippen LogP contribution in [0, 0.1) is 11.8 Å². The molecule has 1 aromatic rings. The number of carbonyl (C=O) groups is 1. The Morgan fingerprint density at radius 3 is 2.21 bits per heavy atom. The first-order valence-electron chi connectivity index (χ1n) is 10.8. The van der Waals surface area contributed by atoms with E-state index in [2.05, 4.69) is 64.9 Å². The van der Waals surface area contributed by atoms with Gasteiger partial charge in [0.15, 0.2) is 0 Å². The second-order valence-corrected chi connectivity index (χ2v) is 10.3. The van der Waals surface area contributed by atoms with E-state index in [1.807, 2.05) is 19.1 Å². The molecular formula is C25H40N2O2. The van der Waals surface area contributed by atoms with Crippen molar-refractivity contribution in [1.29, 1.82) is 0 Å². The zero-order valence-electron chi connectivity index (χ0n) is 19.5. The maximum absolute atomic E-state index is 12.9. The maximum Gasteiger partial charge on any atom is 0.227 e. The van der Waals surface area contributed by atoms with Crippen molar-refractivity contribution in [3.8, 4) is 5.75 Å². The summed E-state index contributed by atoms with van der Waals surface area (Å²) >= 11 is 0. The predicted molar refractivity (Wildman–Crippen MR) is 121 cm³/mol. The third-order valence-corrected chi connectivity index (χ3v) is 6.77. The quantitative estimate of drug-likeness (QED) is 0.666. The number of rotatable bonds is 6. The number of nitrogens with one attached hydrogen (secondary N) is 1. The monoisotopic (exact) mass is 400 g/mol. The number of carbonyl (C=O) groups excluding carboxylic acids is 1. The second kappa shape index (κ2) is 8.91. The summed E-state index contributed by atoms with van der Waals surface area (Å²) in [5.41, 5.74) is 2.42. The average molecular weight is 401 g/mol. The van der Waals surface area contributed by atoms with Crippen LogP contribution in [-0.2, 0) is 11.2 Å². The van der Waals surface area contributed by atoms with E-state index in [1.54, 1.807) is 12.1 Å². The molecule has 1 aromatic carbocycles. The van der Waals surface area contributed by atoms with Gasteiger partial charge in [-0.1, -0.05) is 30.7 Å². The van der Waals surface area contributed by atoms with Crippen LogP contribution in [0.3, 0.4) is 0 Å². The molecule has 1 aliphatic rings. The van der Waals surface area contributed by atoms with Crippen LogP contribution in [0.25, 0.3) is 0 Å². The van der Waals surface area contributed by atoms with Gasteiger partial charge in [0.25, 0.3) is 0 Å². The molecule has 1 fully saturated rings. The lowest BCUT2D eigenvalue weighted by Crippen LogP contribution is -2.62. The molecule has 162 valence electrons. The van der Waals surface area contributed by atoms with Gasteiger partial charge in [0.1, 0.15) is 5.75 Å². The SMILES string of the molecule is C/C(=C\[C@H](C)Cc1ccc(O)cc1)[C@H](C)C(=O)NC1CC(C)(C)N(C)C(C)(C)C1. The minimum absolute atomic E-state index is 0.0620. The molecule has 0 aliphatic carbocycles. The van der Waals surface area contributed by atoms with E-state index in [1.165, 1.54) is 5.56 Å². The topological polar surface area (TPSA) is 52.6 Å². The first-order chi connectivity index (χ1) is 13.3. The minimum Gasteiger partial charge on any atom is -0.508 e. The van der Waals surface area contributed by atoms with Gasteiger partial charge in [0.2, 0.25) is 5.91 Å². The molecule has 0 unspecified atom stereocenters. The maximum atomic E-state index is 12.9. The van der Waals surface area contributed by atoms with Gasteiger partial charge in [-0.05, 0) is 91.5 Å². The number of hydrogen-bond donors (Lipinski definition) is 2. The molecule has 29 heavy (non-hydrogen) atoms. The molecule has 2 atom stereocenters. The summed E-state index contributed by atoms with van der Waals surface area (Å²) in [6.07, 6.45) is 5.03. The summed E-state index contributed by atoms with van der Waals surface area (Å²) in [7, 11) is 2.18. The fourth-order valence-corrected chi connectivity index (χ4v) is 4.66. The van der Waals surface area contributed by atoms with Crippen LogP contribution < -0.4 is 5.32 Å². The van der Waals surface area contributed by atoms with Crippen molar-refractivity contribution in [2.45, 2.75) is 84.8 Å². The first-order valence-corrected chi connectivity index (χ1v) is 10.8. The Hall–Kier alpha value is -1.81. The average Bonchev–Trinajstić information content (AvgIpc) is 2.60. The molecule has 0 spiro atoms. The number of benzene rings is 1. The van der Waals surface area contributed by atoms with E-state index in [9.17, 15) is 9.90 Å². The third-order valence-electron chi connectivity index (χ3n) is 6.77. The van der Waals surface area contributed by atoms with Gasteiger partial charge in [-0.2, -0.15) is 0 Å². The van der Waals surface area contributed by atoms with Crippen LogP contribution in [0.5, 0.6) is 5.75 Å². The van der Waals surface area contributed by atoms with Crippen LogP contribution in [-0.4, -0.2) is 40.1 Å². The van der Waals surface area contributed by atoms with Crippen LogP contribution in [0.1, 0.15) is 66.9 Å². The van der Waals surface area contributed by atoms with Gasteiger partial charge in [-0.25, -0.2) is 0 Å². The van der Waals surface area contributed by atoms with Gasteiger partial charge in [0.05, 0.1) is 5.92 Å². The normalized spacial score (nSPS) is 22.1. The Kier molecular flexibility index (Phi) is 7.21. The van der Waals surface area contributed by atoms with Crippen LogP contribution in [0.15, 0.2) is 35.9 Å². The zero-order valence-corrected chi connectivity index (χ0v) is 19.5. The van der Waals surface area contributed by atoms with Gasteiger partial charge in [-0.15, -0.1) is 0 Å². The largest absolute Gasteiger partial charge is 0.508 e. The Bertz CT molecular complexity index is 716. The van der Waals surface area contributed by atoms with Crippen molar-refractivity contribution < 1.29 is 9.90 Å². The van der Waals surface area contributed by atoms with E-state index < -0.39 is 0 Å². The molecule has 2 rings (SSSR count). The lowest BCUT2D eigenvalue weighted by molar-refractivity contribution is -0.125. The van der Waals surface area contributed by atoms with Crippen molar-refractivity contribution in [3.63, 3.8) is 0 Å². The fourth-order valence-electron chi connectivity index (χ4n) is 4.66. The van der Waals surface area contributed by atoms with E-state index in [4.69, 9.17) is 0 Å². The molecule has 1 heterocycles. The number of likely N-dealkylation sites (tertiary alicyclic amines) is 1. The Morgan fingerprint density at radius 2 is 1.69 bits per heavy atom. The summed E-state index contributed by atoms with van der Waals surface area (Å²) < 4.78 is 0. The molecule has 2 N–H and O–H groups in total. The number of allylic oxidation sites excluding steroid dienone is 1. The number of hydrogen-bond acceptors (Lipinski definition) is 3. The van der Waals surface area contributed by atoms with Crippen molar-refractivity contribution in [2.75, 3.05) is 7.05 Å². The molecule has 4 heteroatoms. The summed E-state index contributed by atoms with van der Waals surface area (Å²) in [4.78, 5) is 15.4. The summed E-state index contributed by atoms with van der Waals surface area (Å²) in [5, 5.41) is 12.8. The number of phenols is 1. The molecule has 0 bridgehead atoms. The lowest BCUT2D eigenvalue weighted by atomic mass is 9.77. The highest BCUT2D eigenvalue weighted by atomic mass is 16.3. The fraction of sp³-hybridized carbons (Fsp3) is 0.640. The van der Waals surface area contributed by atoms with Crippen LogP contribution in [0.2, 0.25) is 0 Å². The molecule has 1 saturated heterocycles. The molecule has 0 radical (unpaired) electrons. The van der Waals surface area contributed by atoms with Gasteiger partial charge in [-0.3, -0.25) is 9.69 Å². The van der Waals surface area contributed by atoms with Crippen LogP contribution >= 0.6 is 0 Å². The minimum atomic E-state index is -0.136. The third kappa shape index (κ3) is 6.08. The molecule has 0 saturated carbocycles. The van der Waals surface area contributed by atoms with Crippen molar-refractivity contribution in [3.05, 3.63) is 41.5 Å². The summed E-state index contributed by atoms with van der Waals surface area (Å²) in [5.74, 6) is 0.606. The predicted octanol–water partition coefficient (Wildman–Crippen LogP) is 4.92. The van der Waals surface area contributed by atoms with Gasteiger partial charge in [0, 0.05) is 17.1 Å². The van der Waals surface area contributed by atoms with Crippen LogP contribution in [0.4, 0.5) is 0 Å². The van der Waals surface area contributed by atoms with E-state index in [0.717, 1.165) is 24.8 Å². The molecule has 4 nitrogen and oxygen atoms in total. The van der Waals surface area contributed by atoms with Crippen molar-refractivity contribution in [1.82, 2.24) is 10.2 Å². The standard InChI is InChI=1S/C25H40N2O2/c1-17(14-20-9-11-22(28)12-10-20)13-18(2)19(3)23(29)26-21-15-24(4,5)27(8)25(6,7)16-21/h9-13,17,19,21,28H,14-16H2,1-8H3,(H,26,29)/b18-13+/t17-,19-/m0/s1. The highest BCUT2D eigenvalue weighted by molar-refractivity contribution is 5.81. The Morgan fingerprint density at radius 1 is 1.17 bits per heavy atom. The highest BCUT2D eigenvalue weighted by Crippen LogP contribution is 2.37. The Balaban J connectivity index is 1.97. The molecule has 1 aliphatic heterocycles. The second-order valence-electron chi connectivity index (χ2n) is 10.3. The van der Waals surface area contributed by atoms with E-state index in [0.29, 0.717) is 11.7 Å². The first kappa shape index (κ1) is 23.5. The van der Waals surface area contributed by atoms with E-state index >= 15 is 0 Å². The smallest absolute Gasteiger partial charge is 0.227 e. The molecule has 1 amide bonds. The number of aromatic hydroxyl groups is 1. The number of nitrogens with zero attached hydrogens (tertiary/aromatic N) is 1. The zero-order chi connectivity index (χ0) is 22.0. The summed E-state index contributed by atoms with van der Waals surface area (Å²) in [6.45, 7) is 15.3. The number of piperidine rings is 1. The number of amides is 1. The summed E-state index contributed by atoms with van der Waals surface area (Å²) in [6, 6.07) is 7.55. The number of phenolic OH excluding ortho intramolecular Hbond substituents is 1. The molecule has 0 aromatic heterocycles. The van der Waals surface area contributed by atoms with Crippen molar-refractivity contribution >= 4 is 5.91 Å². The highest BCUT2D eigenvalue weighted by Gasteiger charge is 2.43. The lowest BCUT2D eigenvalue weighted by Gasteiger charge is -2.53. The Labute approximate surface area is 177 Å². The van der Waals surface area contributed by atoms with Gasteiger partial charge < -0.3 is 10.4 Å². The molecular weight excluding hydrogens is 360 g/mol.